The van der Waals surface area contributed by atoms with Gasteiger partial charge in [0.1, 0.15) is 0 Å². The second kappa shape index (κ2) is 7.23. The highest BCUT2D eigenvalue weighted by atomic mass is 16.1. The summed E-state index contributed by atoms with van der Waals surface area (Å²) in [4.78, 5) is 19.7. The van der Waals surface area contributed by atoms with Crippen molar-refractivity contribution in [1.29, 1.82) is 0 Å². The monoisotopic (exact) mass is 388 g/mol. The molecule has 0 saturated carbocycles. The van der Waals surface area contributed by atoms with Gasteiger partial charge in [0.15, 0.2) is 0 Å². The number of primary amides is 1. The Bertz CT molecular complexity index is 1030. The van der Waals surface area contributed by atoms with Crippen molar-refractivity contribution in [3.63, 3.8) is 0 Å². The van der Waals surface area contributed by atoms with Gasteiger partial charge in [-0.1, -0.05) is 36.4 Å². The van der Waals surface area contributed by atoms with Gasteiger partial charge < -0.3 is 20.5 Å². The van der Waals surface area contributed by atoms with Gasteiger partial charge in [0.05, 0.1) is 6.54 Å². The van der Waals surface area contributed by atoms with Crippen molar-refractivity contribution in [1.82, 2.24) is 9.88 Å². The van der Waals surface area contributed by atoms with Crippen molar-refractivity contribution in [3.05, 3.63) is 65.9 Å². The fourth-order valence-corrected chi connectivity index (χ4v) is 5.31. The summed E-state index contributed by atoms with van der Waals surface area (Å²) in [5, 5.41) is 1.34. The molecule has 150 valence electrons. The van der Waals surface area contributed by atoms with Crippen molar-refractivity contribution >= 4 is 22.5 Å². The number of nitrogens with two attached hydrogens (primary N) is 1. The molecule has 1 saturated heterocycles. The molecule has 5 nitrogen and oxygen atoms in total. The third kappa shape index (κ3) is 3.29. The summed E-state index contributed by atoms with van der Waals surface area (Å²) < 4.78 is 0. The molecular formula is C24H28N4O. The Kier molecular flexibility index (Phi) is 4.55. The predicted octanol–water partition coefficient (Wildman–Crippen LogP) is 3.05. The van der Waals surface area contributed by atoms with E-state index < -0.39 is 0 Å². The number of piperidine rings is 1. The predicted molar refractivity (Wildman–Crippen MR) is 117 cm³/mol. The summed E-state index contributed by atoms with van der Waals surface area (Å²) >= 11 is 0. The van der Waals surface area contributed by atoms with E-state index >= 15 is 0 Å². The SMILES string of the molecule is NC(=O)CN1CC2(CCN(CCc3c[nH]c4ccccc34)CC2)c2ccccc21. The zero-order valence-corrected chi connectivity index (χ0v) is 16.7. The van der Waals surface area contributed by atoms with Gasteiger partial charge in [0.25, 0.3) is 0 Å². The first-order valence-corrected chi connectivity index (χ1v) is 10.5. The molecule has 2 aliphatic heterocycles. The number of amides is 1. The minimum absolute atomic E-state index is 0.156. The van der Waals surface area contributed by atoms with Gasteiger partial charge in [-0.05, 0) is 55.6 Å². The number of hydrogen-bond donors (Lipinski definition) is 2. The first-order chi connectivity index (χ1) is 14.1. The molecule has 0 atom stereocenters. The maximum Gasteiger partial charge on any atom is 0.236 e. The Morgan fingerprint density at radius 3 is 2.66 bits per heavy atom. The maximum absolute atomic E-state index is 11.5. The fraction of sp³-hybridized carbons (Fsp3) is 0.375. The van der Waals surface area contributed by atoms with E-state index in [-0.39, 0.29) is 11.3 Å². The number of nitrogens with zero attached hydrogens (tertiary/aromatic N) is 2. The van der Waals surface area contributed by atoms with Crippen LogP contribution in [0.15, 0.2) is 54.7 Å². The van der Waals surface area contributed by atoms with Crippen LogP contribution in [0.2, 0.25) is 0 Å². The van der Waals surface area contributed by atoms with Crippen LogP contribution in [-0.4, -0.2) is 48.5 Å². The number of nitrogens with one attached hydrogen (secondary N) is 1. The highest BCUT2D eigenvalue weighted by molar-refractivity contribution is 5.83. The lowest BCUT2D eigenvalue weighted by atomic mass is 9.74. The Morgan fingerprint density at radius 1 is 1.07 bits per heavy atom. The summed E-state index contributed by atoms with van der Waals surface area (Å²) in [5.74, 6) is -0.256. The number of aromatic nitrogens is 1. The molecule has 5 rings (SSSR count). The number of aromatic amines is 1. The molecule has 1 amide bonds. The molecule has 3 N–H and O–H groups in total. The van der Waals surface area contributed by atoms with Gasteiger partial charge in [-0.2, -0.15) is 0 Å². The summed E-state index contributed by atoms with van der Waals surface area (Å²) in [6.45, 7) is 4.50. The molecular weight excluding hydrogens is 360 g/mol. The van der Waals surface area contributed by atoms with Crippen molar-refractivity contribution in [2.24, 2.45) is 5.73 Å². The van der Waals surface area contributed by atoms with Gasteiger partial charge >= 0.3 is 0 Å². The molecule has 29 heavy (non-hydrogen) atoms. The third-order valence-electron chi connectivity index (χ3n) is 6.84. The Balaban J connectivity index is 1.26. The number of likely N-dealkylation sites (tertiary alicyclic amines) is 1. The van der Waals surface area contributed by atoms with E-state index in [4.69, 9.17) is 5.73 Å². The average Bonchev–Trinajstić information content (AvgIpc) is 3.28. The second-order valence-electron chi connectivity index (χ2n) is 8.57. The minimum Gasteiger partial charge on any atom is -0.368 e. The van der Waals surface area contributed by atoms with Gasteiger partial charge in [0, 0.05) is 41.3 Å². The van der Waals surface area contributed by atoms with Crippen molar-refractivity contribution in [2.45, 2.75) is 24.7 Å². The molecule has 1 aromatic heterocycles. The number of carbonyl (C=O) groups excluding carboxylic acids is 1. The first-order valence-electron chi connectivity index (χ1n) is 10.5. The number of benzene rings is 2. The van der Waals surface area contributed by atoms with Crippen LogP contribution in [0.3, 0.4) is 0 Å². The number of H-pyrrole nitrogens is 1. The summed E-state index contributed by atoms with van der Waals surface area (Å²) in [5.41, 5.74) is 10.9. The molecule has 0 bridgehead atoms. The van der Waals surface area contributed by atoms with Crippen LogP contribution in [0, 0.1) is 0 Å². The Hall–Kier alpha value is -2.79. The molecule has 0 unspecified atom stereocenters. The Labute approximate surface area is 171 Å². The molecule has 3 heterocycles. The maximum atomic E-state index is 11.5. The smallest absolute Gasteiger partial charge is 0.236 e. The third-order valence-corrected chi connectivity index (χ3v) is 6.84. The molecule has 3 aromatic rings. The fourth-order valence-electron chi connectivity index (χ4n) is 5.31. The topological polar surface area (TPSA) is 65.4 Å². The molecule has 1 fully saturated rings. The van der Waals surface area contributed by atoms with Gasteiger partial charge in [-0.25, -0.2) is 0 Å². The minimum atomic E-state index is -0.256. The molecule has 1 spiro atoms. The van der Waals surface area contributed by atoms with Crippen LogP contribution in [0.4, 0.5) is 5.69 Å². The molecule has 2 aliphatic rings. The van der Waals surface area contributed by atoms with Gasteiger partial charge in [0.2, 0.25) is 5.91 Å². The van der Waals surface area contributed by atoms with E-state index in [1.807, 2.05) is 0 Å². The quantitative estimate of drug-likeness (QED) is 0.706. The number of anilines is 1. The van der Waals surface area contributed by atoms with Crippen LogP contribution in [-0.2, 0) is 16.6 Å². The Morgan fingerprint density at radius 2 is 1.83 bits per heavy atom. The number of carbonyl (C=O) groups is 1. The van der Waals surface area contributed by atoms with Crippen LogP contribution in [0.1, 0.15) is 24.0 Å². The van der Waals surface area contributed by atoms with Crippen LogP contribution in [0.25, 0.3) is 10.9 Å². The average molecular weight is 389 g/mol. The molecule has 0 radical (unpaired) electrons. The van der Waals surface area contributed by atoms with Crippen LogP contribution in [0.5, 0.6) is 0 Å². The van der Waals surface area contributed by atoms with Crippen molar-refractivity contribution < 1.29 is 4.79 Å². The second-order valence-corrected chi connectivity index (χ2v) is 8.57. The lowest BCUT2D eigenvalue weighted by molar-refractivity contribution is -0.116. The van der Waals surface area contributed by atoms with E-state index in [1.165, 1.54) is 27.7 Å². The molecule has 5 heteroatoms. The largest absolute Gasteiger partial charge is 0.368 e. The zero-order valence-electron chi connectivity index (χ0n) is 16.7. The van der Waals surface area contributed by atoms with E-state index in [1.54, 1.807) is 0 Å². The lowest BCUT2D eigenvalue weighted by Gasteiger charge is -2.40. The van der Waals surface area contributed by atoms with E-state index in [0.29, 0.717) is 6.54 Å². The molecule has 0 aliphatic carbocycles. The first kappa shape index (κ1) is 18.3. The van der Waals surface area contributed by atoms with E-state index in [2.05, 4.69) is 69.5 Å². The number of hydrogen-bond acceptors (Lipinski definition) is 3. The normalized spacial score (nSPS) is 18.4. The highest BCUT2D eigenvalue weighted by Crippen LogP contribution is 2.46. The zero-order chi connectivity index (χ0) is 19.8. The van der Waals surface area contributed by atoms with E-state index in [0.717, 1.165) is 45.4 Å². The van der Waals surface area contributed by atoms with E-state index in [9.17, 15) is 4.79 Å². The highest BCUT2D eigenvalue weighted by Gasteiger charge is 2.44. The summed E-state index contributed by atoms with van der Waals surface area (Å²) in [6, 6.07) is 17.1. The molecule has 2 aromatic carbocycles. The number of fused-ring (bicyclic) bond motifs is 3. The number of para-hydroxylation sites is 2. The summed E-state index contributed by atoms with van der Waals surface area (Å²) in [6.07, 6.45) is 5.49. The van der Waals surface area contributed by atoms with Gasteiger partial charge in [-0.15, -0.1) is 0 Å². The van der Waals surface area contributed by atoms with Gasteiger partial charge in [-0.3, -0.25) is 4.79 Å². The van der Waals surface area contributed by atoms with Crippen molar-refractivity contribution in [3.8, 4) is 0 Å². The lowest BCUT2D eigenvalue weighted by Crippen LogP contribution is -2.46. The van der Waals surface area contributed by atoms with Crippen LogP contribution < -0.4 is 10.6 Å². The standard InChI is InChI=1S/C24H28N4O/c25-23(29)16-28-17-24(20-6-2-4-8-22(20)28)10-13-27(14-11-24)12-9-18-15-26-21-7-3-1-5-19(18)21/h1-8,15,26H,9-14,16-17H2,(H2,25,29). The summed E-state index contributed by atoms with van der Waals surface area (Å²) in [7, 11) is 0. The number of rotatable bonds is 5. The van der Waals surface area contributed by atoms with Crippen molar-refractivity contribution in [2.75, 3.05) is 37.6 Å². The van der Waals surface area contributed by atoms with Crippen LogP contribution >= 0.6 is 0 Å².